The molecule has 130 valence electrons. The number of likely N-dealkylation sites (tertiary alicyclic amines) is 1. The molecule has 1 N–H and O–H groups in total. The largest absolute Gasteiger partial charge is 0.388 e. The van der Waals surface area contributed by atoms with Crippen molar-refractivity contribution in [2.75, 3.05) is 13.1 Å². The van der Waals surface area contributed by atoms with Crippen LogP contribution >= 0.6 is 0 Å². The Morgan fingerprint density at radius 2 is 2.08 bits per heavy atom. The highest BCUT2D eigenvalue weighted by Crippen LogP contribution is 2.27. The first kappa shape index (κ1) is 17.1. The van der Waals surface area contributed by atoms with Crippen LogP contribution in [0.2, 0.25) is 0 Å². The summed E-state index contributed by atoms with van der Waals surface area (Å²) in [7, 11) is 0. The molecule has 1 aliphatic rings. The second-order valence-electron chi connectivity index (χ2n) is 6.66. The first-order valence-electron chi connectivity index (χ1n) is 8.79. The van der Waals surface area contributed by atoms with Gasteiger partial charge in [0.15, 0.2) is 0 Å². The molecule has 1 aromatic carbocycles. The Balaban J connectivity index is 1.49. The summed E-state index contributed by atoms with van der Waals surface area (Å²) in [6.07, 6.45) is 7.46. The minimum absolute atomic E-state index is 0.261. The highest BCUT2D eigenvalue weighted by Gasteiger charge is 2.26. The summed E-state index contributed by atoms with van der Waals surface area (Å²) in [5.74, 6) is 0.794. The first-order valence-corrected chi connectivity index (χ1v) is 8.79. The Bertz CT molecular complexity index is 640. The van der Waals surface area contributed by atoms with Crippen molar-refractivity contribution in [3.63, 3.8) is 0 Å². The van der Waals surface area contributed by atoms with E-state index in [9.17, 15) is 9.50 Å². The summed E-state index contributed by atoms with van der Waals surface area (Å²) >= 11 is 0. The Labute approximate surface area is 142 Å². The number of rotatable bonds is 7. The van der Waals surface area contributed by atoms with E-state index in [1.807, 2.05) is 19.3 Å². The molecule has 1 aromatic heterocycles. The zero-order chi connectivity index (χ0) is 16.9. The van der Waals surface area contributed by atoms with Crippen LogP contribution in [-0.2, 0) is 6.54 Å². The highest BCUT2D eigenvalue weighted by atomic mass is 19.1. The normalized spacial score (nSPS) is 19.7. The first-order chi connectivity index (χ1) is 11.6. The molecule has 0 radical (unpaired) electrons. The highest BCUT2D eigenvalue weighted by molar-refractivity contribution is 5.18. The van der Waals surface area contributed by atoms with E-state index in [0.29, 0.717) is 6.04 Å². The monoisotopic (exact) mass is 331 g/mol. The van der Waals surface area contributed by atoms with Crippen LogP contribution in [0.3, 0.4) is 0 Å². The predicted octanol–water partition coefficient (Wildman–Crippen LogP) is 3.31. The van der Waals surface area contributed by atoms with Gasteiger partial charge in [-0.3, -0.25) is 0 Å². The van der Waals surface area contributed by atoms with Crippen LogP contribution in [0, 0.1) is 12.7 Å². The molecule has 1 saturated heterocycles. The number of imidazole rings is 1. The van der Waals surface area contributed by atoms with Gasteiger partial charge in [-0.15, -0.1) is 0 Å². The van der Waals surface area contributed by atoms with Crippen LogP contribution < -0.4 is 0 Å². The summed E-state index contributed by atoms with van der Waals surface area (Å²) in [6, 6.07) is 6.60. The minimum atomic E-state index is -0.521. The van der Waals surface area contributed by atoms with Gasteiger partial charge < -0.3 is 14.6 Å². The van der Waals surface area contributed by atoms with Crippen molar-refractivity contribution < 1.29 is 9.50 Å². The third-order valence-corrected chi connectivity index (χ3v) is 5.02. The summed E-state index contributed by atoms with van der Waals surface area (Å²) in [5.41, 5.74) is 0.803. The number of benzene rings is 1. The number of nitrogens with zero attached hydrogens (tertiary/aromatic N) is 3. The molecule has 0 amide bonds. The standard InChI is InChI=1S/C19H26FN3O/c1-15-21-9-13-22(15)11-3-12-23-10-2-4-18(23)14-19(24)16-5-7-17(20)8-6-16/h5-9,13,18-19,24H,2-4,10-12,14H2,1H3. The van der Waals surface area contributed by atoms with Gasteiger partial charge in [0.2, 0.25) is 0 Å². The summed E-state index contributed by atoms with van der Waals surface area (Å²) in [6.45, 7) is 5.15. The van der Waals surface area contributed by atoms with Gasteiger partial charge in [0.25, 0.3) is 0 Å². The van der Waals surface area contributed by atoms with E-state index < -0.39 is 6.10 Å². The van der Waals surface area contributed by atoms with Gasteiger partial charge in [-0.05, 0) is 56.8 Å². The number of aromatic nitrogens is 2. The van der Waals surface area contributed by atoms with E-state index >= 15 is 0 Å². The lowest BCUT2D eigenvalue weighted by Crippen LogP contribution is -2.32. The molecule has 1 aliphatic heterocycles. The van der Waals surface area contributed by atoms with Gasteiger partial charge in [-0.1, -0.05) is 12.1 Å². The van der Waals surface area contributed by atoms with Crippen LogP contribution in [0.5, 0.6) is 0 Å². The number of aliphatic hydroxyl groups excluding tert-OH is 1. The van der Waals surface area contributed by atoms with Crippen molar-refractivity contribution in [2.45, 2.75) is 51.3 Å². The molecule has 2 heterocycles. The molecule has 0 bridgehead atoms. The molecule has 2 unspecified atom stereocenters. The topological polar surface area (TPSA) is 41.3 Å². The average molecular weight is 331 g/mol. The molecule has 4 nitrogen and oxygen atoms in total. The Morgan fingerprint density at radius 3 is 2.79 bits per heavy atom. The fraction of sp³-hybridized carbons (Fsp3) is 0.526. The number of halogens is 1. The lowest BCUT2D eigenvalue weighted by Gasteiger charge is -2.26. The van der Waals surface area contributed by atoms with Crippen LogP contribution in [0.25, 0.3) is 0 Å². The third-order valence-electron chi connectivity index (χ3n) is 5.02. The van der Waals surface area contributed by atoms with Crippen LogP contribution in [0.1, 0.15) is 43.2 Å². The van der Waals surface area contributed by atoms with E-state index in [4.69, 9.17) is 0 Å². The van der Waals surface area contributed by atoms with Crippen molar-refractivity contribution in [3.05, 3.63) is 53.9 Å². The van der Waals surface area contributed by atoms with E-state index in [0.717, 1.165) is 50.3 Å². The number of aryl methyl sites for hydroxylation is 2. The molecule has 0 aliphatic carbocycles. The fourth-order valence-corrected chi connectivity index (χ4v) is 3.62. The van der Waals surface area contributed by atoms with Crippen molar-refractivity contribution in [3.8, 4) is 0 Å². The van der Waals surface area contributed by atoms with Crippen LogP contribution in [0.15, 0.2) is 36.7 Å². The van der Waals surface area contributed by atoms with Gasteiger partial charge in [0, 0.05) is 31.5 Å². The van der Waals surface area contributed by atoms with Gasteiger partial charge >= 0.3 is 0 Å². The summed E-state index contributed by atoms with van der Waals surface area (Å²) in [5, 5.41) is 10.4. The van der Waals surface area contributed by atoms with Crippen molar-refractivity contribution in [1.82, 2.24) is 14.5 Å². The maximum Gasteiger partial charge on any atom is 0.123 e. The lowest BCUT2D eigenvalue weighted by atomic mass is 10.0. The molecule has 3 rings (SSSR count). The molecule has 0 saturated carbocycles. The Hall–Kier alpha value is -1.72. The molecule has 1 fully saturated rings. The van der Waals surface area contributed by atoms with E-state index in [1.54, 1.807) is 12.1 Å². The van der Waals surface area contributed by atoms with Gasteiger partial charge in [0.1, 0.15) is 11.6 Å². The number of aliphatic hydroxyl groups is 1. The van der Waals surface area contributed by atoms with Gasteiger partial charge in [0.05, 0.1) is 6.10 Å². The quantitative estimate of drug-likeness (QED) is 0.846. The maximum absolute atomic E-state index is 13.0. The SMILES string of the molecule is Cc1nccn1CCCN1CCCC1CC(O)c1ccc(F)cc1. The van der Waals surface area contributed by atoms with Crippen LogP contribution in [0.4, 0.5) is 4.39 Å². The number of hydrogen-bond donors (Lipinski definition) is 1. The van der Waals surface area contributed by atoms with Crippen LogP contribution in [-0.4, -0.2) is 38.7 Å². The van der Waals surface area contributed by atoms with Crippen molar-refractivity contribution in [2.24, 2.45) is 0 Å². The van der Waals surface area contributed by atoms with Crippen molar-refractivity contribution in [1.29, 1.82) is 0 Å². The minimum Gasteiger partial charge on any atom is -0.388 e. The molecule has 2 atom stereocenters. The van der Waals surface area contributed by atoms with Gasteiger partial charge in [-0.2, -0.15) is 0 Å². The van der Waals surface area contributed by atoms with E-state index in [-0.39, 0.29) is 5.82 Å². The van der Waals surface area contributed by atoms with Gasteiger partial charge in [-0.25, -0.2) is 9.37 Å². The second-order valence-corrected chi connectivity index (χ2v) is 6.66. The van der Waals surface area contributed by atoms with E-state index in [2.05, 4.69) is 14.5 Å². The maximum atomic E-state index is 13.0. The second kappa shape index (κ2) is 7.90. The number of hydrogen-bond acceptors (Lipinski definition) is 3. The average Bonchev–Trinajstić information content (AvgIpc) is 3.18. The molecule has 2 aromatic rings. The lowest BCUT2D eigenvalue weighted by molar-refractivity contribution is 0.119. The molecular weight excluding hydrogens is 305 g/mol. The fourth-order valence-electron chi connectivity index (χ4n) is 3.62. The Morgan fingerprint density at radius 1 is 1.29 bits per heavy atom. The summed E-state index contributed by atoms with van der Waals surface area (Å²) < 4.78 is 15.2. The third kappa shape index (κ3) is 4.22. The molecule has 0 spiro atoms. The predicted molar refractivity (Wildman–Crippen MR) is 92.2 cm³/mol. The smallest absolute Gasteiger partial charge is 0.123 e. The molecule has 24 heavy (non-hydrogen) atoms. The molecule has 5 heteroatoms. The Kier molecular flexibility index (Phi) is 5.63. The summed E-state index contributed by atoms with van der Waals surface area (Å²) in [4.78, 5) is 6.74. The zero-order valence-corrected chi connectivity index (χ0v) is 14.2. The zero-order valence-electron chi connectivity index (χ0n) is 14.2. The molecular formula is C19H26FN3O. The van der Waals surface area contributed by atoms with Crippen molar-refractivity contribution >= 4 is 0 Å². The van der Waals surface area contributed by atoms with E-state index in [1.165, 1.54) is 18.6 Å².